The zero-order chi connectivity index (χ0) is 9.97. The van der Waals surface area contributed by atoms with Crippen LogP contribution in [0.5, 0.6) is 0 Å². The molecule has 0 fully saturated rings. The molecule has 0 saturated carbocycles. The lowest BCUT2D eigenvalue weighted by atomic mass is 10.1. The molecule has 0 aliphatic heterocycles. The summed E-state index contributed by atoms with van der Waals surface area (Å²) < 4.78 is 19.5. The second kappa shape index (κ2) is 3.86. The minimum Gasteiger partial charge on any atom is -0.306 e. The van der Waals surface area contributed by atoms with E-state index in [0.29, 0.717) is 5.69 Å². The summed E-state index contributed by atoms with van der Waals surface area (Å²) in [4.78, 5) is 4.09. The van der Waals surface area contributed by atoms with Crippen LogP contribution in [0.3, 0.4) is 0 Å². The average molecular weight is 207 g/mol. The number of benzene rings is 1. The summed E-state index contributed by atoms with van der Waals surface area (Å²) in [7, 11) is 0. The minimum absolute atomic E-state index is 0.0847. The maximum Gasteiger partial charge on any atom is 0.158 e. The Morgan fingerprint density at radius 2 is 2.07 bits per heavy atom. The van der Waals surface area contributed by atoms with Gasteiger partial charge in [0.2, 0.25) is 0 Å². The number of nitrogens with zero attached hydrogens (tertiary/aromatic N) is 1. The second-order valence-electron chi connectivity index (χ2n) is 2.94. The molecule has 2 aromatic rings. The molecule has 1 N–H and O–H groups in total. The largest absolute Gasteiger partial charge is 0.306 e. The summed E-state index contributed by atoms with van der Waals surface area (Å²) in [6, 6.07) is 9.58. The van der Waals surface area contributed by atoms with Crippen molar-refractivity contribution in [3.63, 3.8) is 0 Å². The maximum absolute atomic E-state index is 10.7. The maximum atomic E-state index is 10.7. The number of aromatic nitrogens is 1. The highest BCUT2D eigenvalue weighted by atomic mass is 32.2. The van der Waals surface area contributed by atoms with Gasteiger partial charge in [-0.3, -0.25) is 4.98 Å². The first-order valence-electron chi connectivity index (χ1n) is 4.17. The molecule has 1 aromatic heterocycles. The summed E-state index contributed by atoms with van der Waals surface area (Å²) in [6.45, 7) is 0. The Labute approximate surface area is 84.1 Å². The van der Waals surface area contributed by atoms with Crippen LogP contribution in [0.2, 0.25) is 0 Å². The predicted molar refractivity (Wildman–Crippen MR) is 56.2 cm³/mol. The van der Waals surface area contributed by atoms with Crippen LogP contribution in [0.25, 0.3) is 10.8 Å². The van der Waals surface area contributed by atoms with E-state index < -0.39 is 11.1 Å². The van der Waals surface area contributed by atoms with Crippen LogP contribution in [-0.4, -0.2) is 13.7 Å². The molecule has 1 atom stereocenters. The first kappa shape index (κ1) is 9.30. The van der Waals surface area contributed by atoms with Crippen molar-refractivity contribution in [2.75, 3.05) is 0 Å². The lowest BCUT2D eigenvalue weighted by molar-refractivity contribution is 0.563. The Morgan fingerprint density at radius 1 is 1.29 bits per heavy atom. The van der Waals surface area contributed by atoms with Gasteiger partial charge in [-0.05, 0) is 11.5 Å². The van der Waals surface area contributed by atoms with Crippen molar-refractivity contribution in [3.05, 3.63) is 42.2 Å². The first-order chi connectivity index (χ1) is 6.77. The molecule has 0 saturated heterocycles. The molecule has 0 radical (unpaired) electrons. The molecule has 0 aliphatic rings. The van der Waals surface area contributed by atoms with Gasteiger partial charge < -0.3 is 4.55 Å². The number of pyridine rings is 1. The van der Waals surface area contributed by atoms with Gasteiger partial charge in [0.25, 0.3) is 0 Å². The molecule has 1 heterocycles. The van der Waals surface area contributed by atoms with E-state index in [9.17, 15) is 4.21 Å². The van der Waals surface area contributed by atoms with Crippen molar-refractivity contribution in [1.82, 2.24) is 4.98 Å². The van der Waals surface area contributed by atoms with Gasteiger partial charge in [-0.2, -0.15) is 0 Å². The highest BCUT2D eigenvalue weighted by molar-refractivity contribution is 7.78. The second-order valence-corrected chi connectivity index (χ2v) is 3.88. The lowest BCUT2D eigenvalue weighted by Gasteiger charge is -2.02. The van der Waals surface area contributed by atoms with Gasteiger partial charge in [-0.1, -0.05) is 24.3 Å². The highest BCUT2D eigenvalue weighted by Gasteiger charge is 2.03. The Kier molecular flexibility index (Phi) is 2.56. The smallest absolute Gasteiger partial charge is 0.158 e. The van der Waals surface area contributed by atoms with Crippen molar-refractivity contribution >= 4 is 21.9 Å². The van der Waals surface area contributed by atoms with Crippen LogP contribution in [0.4, 0.5) is 0 Å². The minimum atomic E-state index is -1.84. The van der Waals surface area contributed by atoms with E-state index in [4.69, 9.17) is 4.55 Å². The van der Waals surface area contributed by atoms with E-state index in [2.05, 4.69) is 4.98 Å². The Balaban J connectivity index is 2.59. The molecule has 1 aromatic carbocycles. The molecule has 1 unspecified atom stereocenters. The fraction of sp³-hybridized carbons (Fsp3) is 0.100. The molecular formula is C10H9NO2S. The van der Waals surface area contributed by atoms with Crippen LogP contribution in [-0.2, 0) is 16.8 Å². The van der Waals surface area contributed by atoms with E-state index in [-0.39, 0.29) is 5.75 Å². The van der Waals surface area contributed by atoms with Crippen molar-refractivity contribution < 1.29 is 8.76 Å². The quantitative estimate of drug-likeness (QED) is 0.766. The van der Waals surface area contributed by atoms with Crippen molar-refractivity contribution in [2.24, 2.45) is 0 Å². The Bertz CT molecular complexity index is 479. The van der Waals surface area contributed by atoms with E-state index in [1.807, 2.05) is 30.3 Å². The zero-order valence-corrected chi connectivity index (χ0v) is 8.20. The molecule has 14 heavy (non-hydrogen) atoms. The summed E-state index contributed by atoms with van der Waals surface area (Å²) in [6.07, 6.45) is 1.66. The van der Waals surface area contributed by atoms with Gasteiger partial charge in [-0.25, -0.2) is 4.21 Å². The van der Waals surface area contributed by atoms with Crippen LogP contribution in [0.15, 0.2) is 36.5 Å². The number of hydrogen-bond donors (Lipinski definition) is 1. The van der Waals surface area contributed by atoms with Crippen molar-refractivity contribution in [1.29, 1.82) is 0 Å². The molecule has 0 amide bonds. The van der Waals surface area contributed by atoms with Crippen LogP contribution in [0.1, 0.15) is 5.69 Å². The van der Waals surface area contributed by atoms with E-state index >= 15 is 0 Å². The fourth-order valence-corrected chi connectivity index (χ4v) is 1.88. The standard InChI is InChI=1S/C10H9NO2S/c12-14(13)7-10-9-4-2-1-3-8(9)5-6-11-10/h1-6H,7H2,(H,12,13). The molecule has 0 spiro atoms. The molecule has 3 nitrogen and oxygen atoms in total. The monoisotopic (exact) mass is 207 g/mol. The van der Waals surface area contributed by atoms with Crippen LogP contribution in [0, 0.1) is 0 Å². The van der Waals surface area contributed by atoms with E-state index in [1.165, 1.54) is 0 Å². The number of fused-ring (bicyclic) bond motifs is 1. The van der Waals surface area contributed by atoms with Gasteiger partial charge in [0.05, 0.1) is 11.4 Å². The third-order valence-corrected chi connectivity index (χ3v) is 2.54. The Hall–Kier alpha value is -1.26. The lowest BCUT2D eigenvalue weighted by Crippen LogP contribution is -1.96. The summed E-state index contributed by atoms with van der Waals surface area (Å²) >= 11 is -1.84. The molecule has 72 valence electrons. The molecule has 2 rings (SSSR count). The average Bonchev–Trinajstić information content (AvgIpc) is 2.18. The molecule has 4 heteroatoms. The normalized spacial score (nSPS) is 12.9. The topological polar surface area (TPSA) is 50.2 Å². The molecular weight excluding hydrogens is 198 g/mol. The van der Waals surface area contributed by atoms with E-state index in [1.54, 1.807) is 6.20 Å². The Morgan fingerprint density at radius 3 is 2.86 bits per heavy atom. The zero-order valence-electron chi connectivity index (χ0n) is 7.38. The highest BCUT2D eigenvalue weighted by Crippen LogP contribution is 2.16. The predicted octanol–water partition coefficient (Wildman–Crippen LogP) is 1.96. The molecule has 0 aliphatic carbocycles. The van der Waals surface area contributed by atoms with Gasteiger partial charge >= 0.3 is 0 Å². The van der Waals surface area contributed by atoms with Crippen molar-refractivity contribution in [3.8, 4) is 0 Å². The summed E-state index contributed by atoms with van der Waals surface area (Å²) in [5.74, 6) is 0.0847. The third kappa shape index (κ3) is 1.81. The van der Waals surface area contributed by atoms with Crippen molar-refractivity contribution in [2.45, 2.75) is 5.75 Å². The van der Waals surface area contributed by atoms with Crippen LogP contribution >= 0.6 is 0 Å². The number of hydrogen-bond acceptors (Lipinski definition) is 2. The summed E-state index contributed by atoms with van der Waals surface area (Å²) in [5, 5.41) is 1.99. The van der Waals surface area contributed by atoms with Gasteiger partial charge in [0.1, 0.15) is 0 Å². The van der Waals surface area contributed by atoms with Gasteiger partial charge in [0, 0.05) is 11.6 Å². The molecule has 0 bridgehead atoms. The fourth-order valence-electron chi connectivity index (χ4n) is 1.41. The van der Waals surface area contributed by atoms with Gasteiger partial charge in [-0.15, -0.1) is 0 Å². The third-order valence-electron chi connectivity index (χ3n) is 2.02. The SMILES string of the molecule is O=S(O)Cc1nccc2ccccc12. The number of rotatable bonds is 2. The van der Waals surface area contributed by atoms with Crippen LogP contribution < -0.4 is 0 Å². The van der Waals surface area contributed by atoms with Gasteiger partial charge in [0.15, 0.2) is 11.1 Å². The van der Waals surface area contributed by atoms with E-state index in [0.717, 1.165) is 10.8 Å². The summed E-state index contributed by atoms with van der Waals surface area (Å²) in [5.41, 5.74) is 0.670. The first-order valence-corrected chi connectivity index (χ1v) is 5.45.